The molecule has 1 atom stereocenters. The molecule has 0 saturated heterocycles. The Labute approximate surface area is 281 Å². The van der Waals surface area contributed by atoms with E-state index in [4.69, 9.17) is 9.47 Å². The molecule has 0 bridgehead atoms. The second-order valence-electron chi connectivity index (χ2n) is 11.7. The molecule has 48 heavy (non-hydrogen) atoms. The van der Waals surface area contributed by atoms with Crippen LogP contribution in [-0.2, 0) is 32.6 Å². The Bertz CT molecular complexity index is 1780. The fourth-order valence-electron chi connectivity index (χ4n) is 5.93. The SMILES string of the molecule is COc1ccc(OC)c(N(CC(=O)N(Cc2ccc(F)cc2)C(Cc2ccccc2)C(=O)NC2CCCC2)S(=O)(=O)c2ccccc2)c1. The molecule has 0 radical (unpaired) electrons. The summed E-state index contributed by atoms with van der Waals surface area (Å²) in [7, 11) is -1.48. The van der Waals surface area contributed by atoms with Crippen molar-refractivity contribution in [2.75, 3.05) is 25.1 Å². The first-order chi connectivity index (χ1) is 23.2. The number of hydrogen-bond acceptors (Lipinski definition) is 6. The van der Waals surface area contributed by atoms with Crippen LogP contribution in [0.5, 0.6) is 11.5 Å². The Morgan fingerprint density at radius 3 is 2.12 bits per heavy atom. The topological polar surface area (TPSA) is 105 Å². The minimum Gasteiger partial charge on any atom is -0.497 e. The van der Waals surface area contributed by atoms with Gasteiger partial charge >= 0.3 is 0 Å². The number of halogens is 1. The number of nitrogens with zero attached hydrogens (tertiary/aromatic N) is 2. The van der Waals surface area contributed by atoms with Gasteiger partial charge in [0.2, 0.25) is 11.8 Å². The van der Waals surface area contributed by atoms with E-state index in [0.29, 0.717) is 11.3 Å². The average molecular weight is 674 g/mol. The molecule has 4 aromatic carbocycles. The van der Waals surface area contributed by atoms with Crippen molar-refractivity contribution in [1.29, 1.82) is 0 Å². The summed E-state index contributed by atoms with van der Waals surface area (Å²) < 4.78 is 54.5. The summed E-state index contributed by atoms with van der Waals surface area (Å²) in [4.78, 5) is 30.2. The number of ether oxygens (including phenoxy) is 2. The molecule has 11 heteroatoms. The molecule has 0 aromatic heterocycles. The molecule has 1 unspecified atom stereocenters. The number of carbonyl (C=O) groups excluding carboxylic acids is 2. The number of sulfonamides is 1. The van der Waals surface area contributed by atoms with Gasteiger partial charge in [0.25, 0.3) is 10.0 Å². The van der Waals surface area contributed by atoms with Crippen molar-refractivity contribution in [3.63, 3.8) is 0 Å². The monoisotopic (exact) mass is 673 g/mol. The number of carbonyl (C=O) groups is 2. The van der Waals surface area contributed by atoms with Crippen LogP contribution in [0.1, 0.15) is 36.8 Å². The largest absolute Gasteiger partial charge is 0.497 e. The Morgan fingerprint density at radius 1 is 0.854 bits per heavy atom. The lowest BCUT2D eigenvalue weighted by Crippen LogP contribution is -2.54. The Kier molecular flexibility index (Phi) is 11.3. The van der Waals surface area contributed by atoms with Crippen molar-refractivity contribution in [2.24, 2.45) is 0 Å². The van der Waals surface area contributed by atoms with Gasteiger partial charge in [-0.25, -0.2) is 12.8 Å². The smallest absolute Gasteiger partial charge is 0.264 e. The van der Waals surface area contributed by atoms with Gasteiger partial charge in [0, 0.05) is 25.1 Å². The van der Waals surface area contributed by atoms with Crippen molar-refractivity contribution in [2.45, 2.75) is 55.6 Å². The third-order valence-electron chi connectivity index (χ3n) is 8.50. The van der Waals surface area contributed by atoms with E-state index in [-0.39, 0.29) is 41.2 Å². The number of methoxy groups -OCH3 is 2. The number of amides is 2. The van der Waals surface area contributed by atoms with Crippen LogP contribution in [0.3, 0.4) is 0 Å². The Balaban J connectivity index is 1.60. The van der Waals surface area contributed by atoms with Gasteiger partial charge in [-0.05, 0) is 60.4 Å². The van der Waals surface area contributed by atoms with Gasteiger partial charge in [-0.1, -0.05) is 73.5 Å². The van der Waals surface area contributed by atoms with Gasteiger partial charge < -0.3 is 19.7 Å². The molecular weight excluding hydrogens is 633 g/mol. The van der Waals surface area contributed by atoms with E-state index < -0.39 is 34.3 Å². The van der Waals surface area contributed by atoms with Crippen molar-refractivity contribution >= 4 is 27.5 Å². The van der Waals surface area contributed by atoms with Gasteiger partial charge in [0.1, 0.15) is 29.9 Å². The van der Waals surface area contributed by atoms with Crippen molar-refractivity contribution in [3.8, 4) is 11.5 Å². The Morgan fingerprint density at radius 2 is 1.50 bits per heavy atom. The molecule has 252 valence electrons. The molecule has 2 amide bonds. The van der Waals surface area contributed by atoms with Crippen LogP contribution in [-0.4, -0.2) is 58.0 Å². The van der Waals surface area contributed by atoms with Crippen LogP contribution < -0.4 is 19.1 Å². The number of nitrogens with one attached hydrogen (secondary N) is 1. The maximum Gasteiger partial charge on any atom is 0.264 e. The number of hydrogen-bond donors (Lipinski definition) is 1. The number of rotatable bonds is 14. The molecule has 5 rings (SSSR count). The number of benzene rings is 4. The zero-order valence-corrected chi connectivity index (χ0v) is 27.9. The lowest BCUT2D eigenvalue weighted by Gasteiger charge is -2.34. The molecule has 0 spiro atoms. The summed E-state index contributed by atoms with van der Waals surface area (Å²) in [5, 5.41) is 3.14. The zero-order chi connectivity index (χ0) is 34.1. The highest BCUT2D eigenvalue weighted by atomic mass is 32.2. The summed E-state index contributed by atoms with van der Waals surface area (Å²) in [5.41, 5.74) is 1.49. The molecule has 9 nitrogen and oxygen atoms in total. The van der Waals surface area contributed by atoms with Gasteiger partial charge in [-0.3, -0.25) is 13.9 Å². The molecule has 0 heterocycles. The van der Waals surface area contributed by atoms with Crippen LogP contribution in [0.4, 0.5) is 10.1 Å². The van der Waals surface area contributed by atoms with Gasteiger partial charge in [0.05, 0.1) is 24.8 Å². The summed E-state index contributed by atoms with van der Waals surface area (Å²) in [5.74, 6) is -0.855. The third kappa shape index (κ3) is 8.32. The molecule has 1 aliphatic rings. The van der Waals surface area contributed by atoms with Crippen LogP contribution in [0.25, 0.3) is 0 Å². The first kappa shape index (κ1) is 34.4. The molecule has 0 aliphatic heterocycles. The van der Waals surface area contributed by atoms with E-state index in [1.54, 1.807) is 42.5 Å². The molecular formula is C37H40FN3O6S. The third-order valence-corrected chi connectivity index (χ3v) is 10.3. The van der Waals surface area contributed by atoms with E-state index >= 15 is 0 Å². The van der Waals surface area contributed by atoms with E-state index in [1.165, 1.54) is 49.5 Å². The first-order valence-electron chi connectivity index (χ1n) is 15.9. The van der Waals surface area contributed by atoms with E-state index in [2.05, 4.69) is 5.32 Å². The highest BCUT2D eigenvalue weighted by molar-refractivity contribution is 7.92. The lowest BCUT2D eigenvalue weighted by molar-refractivity contribution is -0.140. The highest BCUT2D eigenvalue weighted by Crippen LogP contribution is 2.36. The quantitative estimate of drug-likeness (QED) is 0.183. The van der Waals surface area contributed by atoms with Crippen molar-refractivity contribution < 1.29 is 31.9 Å². The average Bonchev–Trinajstić information content (AvgIpc) is 3.63. The Hall–Kier alpha value is -4.90. The van der Waals surface area contributed by atoms with Gasteiger partial charge in [-0.15, -0.1) is 0 Å². The van der Waals surface area contributed by atoms with Gasteiger partial charge in [0.15, 0.2) is 0 Å². The zero-order valence-electron chi connectivity index (χ0n) is 27.0. The van der Waals surface area contributed by atoms with Crippen molar-refractivity contribution in [3.05, 3.63) is 120 Å². The second kappa shape index (κ2) is 15.8. The lowest BCUT2D eigenvalue weighted by atomic mass is 10.0. The van der Waals surface area contributed by atoms with Crippen LogP contribution in [0.2, 0.25) is 0 Å². The highest BCUT2D eigenvalue weighted by Gasteiger charge is 2.36. The summed E-state index contributed by atoms with van der Waals surface area (Å²) in [6.07, 6.45) is 3.87. The van der Waals surface area contributed by atoms with Crippen molar-refractivity contribution in [1.82, 2.24) is 10.2 Å². The van der Waals surface area contributed by atoms with Gasteiger partial charge in [-0.2, -0.15) is 0 Å². The number of anilines is 1. The van der Waals surface area contributed by atoms with E-state index in [0.717, 1.165) is 35.6 Å². The maximum atomic E-state index is 14.7. The fraction of sp³-hybridized carbons (Fsp3) is 0.297. The molecule has 1 saturated carbocycles. The summed E-state index contributed by atoms with van der Waals surface area (Å²) in [6, 6.07) is 26.5. The molecule has 1 N–H and O–H groups in total. The fourth-order valence-corrected chi connectivity index (χ4v) is 7.37. The normalized spacial score (nSPS) is 13.8. The first-order valence-corrected chi connectivity index (χ1v) is 17.3. The molecule has 4 aromatic rings. The molecule has 1 aliphatic carbocycles. The molecule has 1 fully saturated rings. The summed E-state index contributed by atoms with van der Waals surface area (Å²) >= 11 is 0. The van der Waals surface area contributed by atoms with E-state index in [9.17, 15) is 22.4 Å². The minimum atomic E-state index is -4.34. The van der Waals surface area contributed by atoms with Crippen LogP contribution >= 0.6 is 0 Å². The second-order valence-corrected chi connectivity index (χ2v) is 13.6. The van der Waals surface area contributed by atoms with E-state index in [1.807, 2.05) is 30.3 Å². The maximum absolute atomic E-state index is 14.7. The predicted molar refractivity (Wildman–Crippen MR) is 182 cm³/mol. The minimum absolute atomic E-state index is 0.0189. The summed E-state index contributed by atoms with van der Waals surface area (Å²) in [6.45, 7) is -0.729. The van der Waals surface area contributed by atoms with Crippen LogP contribution in [0, 0.1) is 5.82 Å². The predicted octanol–water partition coefficient (Wildman–Crippen LogP) is 5.74. The van der Waals surface area contributed by atoms with Crippen LogP contribution in [0.15, 0.2) is 108 Å². The standard InChI is InChI=1S/C37H40FN3O6S/c1-46-31-21-22-35(47-2)33(24-31)41(48(44,45)32-15-7-4-8-16-32)26-36(42)40(25-28-17-19-29(38)20-18-28)34(23-27-11-5-3-6-12-27)37(43)39-30-13-9-10-14-30/h3-8,11-12,15-22,24,30,34H,9-10,13-14,23,25-26H2,1-2H3,(H,39,43).